The van der Waals surface area contributed by atoms with Crippen molar-refractivity contribution in [3.8, 4) is 0 Å². The third kappa shape index (κ3) is 2.90. The second kappa shape index (κ2) is 5.52. The van der Waals surface area contributed by atoms with Gasteiger partial charge in [-0.3, -0.25) is 9.79 Å². The highest BCUT2D eigenvalue weighted by atomic mass is 32.2. The zero-order chi connectivity index (χ0) is 13.1. The number of carbonyl (C=O) groups excluding carboxylic acids is 1. The molecule has 18 heavy (non-hydrogen) atoms. The third-order valence-corrected chi connectivity index (χ3v) is 3.72. The van der Waals surface area contributed by atoms with E-state index in [1.165, 1.54) is 17.8 Å². The van der Waals surface area contributed by atoms with E-state index in [1.807, 2.05) is 13.8 Å². The van der Waals surface area contributed by atoms with Gasteiger partial charge in [-0.25, -0.2) is 4.39 Å². The minimum absolute atomic E-state index is 0.0610. The van der Waals surface area contributed by atoms with Gasteiger partial charge >= 0.3 is 0 Å². The number of halogens is 1. The van der Waals surface area contributed by atoms with E-state index in [2.05, 4.69) is 10.3 Å². The van der Waals surface area contributed by atoms with Gasteiger partial charge in [0, 0.05) is 4.90 Å². The van der Waals surface area contributed by atoms with E-state index in [0.29, 0.717) is 16.5 Å². The fourth-order valence-corrected chi connectivity index (χ4v) is 2.53. The highest BCUT2D eigenvalue weighted by molar-refractivity contribution is 8.00. The molecule has 1 N–H and O–H groups in total. The lowest BCUT2D eigenvalue weighted by atomic mass is 10.1. The first-order chi connectivity index (χ1) is 8.58. The van der Waals surface area contributed by atoms with Gasteiger partial charge < -0.3 is 5.32 Å². The molecule has 0 aliphatic carbocycles. The average Bonchev–Trinajstić information content (AvgIpc) is 2.70. The Morgan fingerprint density at radius 2 is 2.17 bits per heavy atom. The maximum absolute atomic E-state index is 13.4. The predicted octanol–water partition coefficient (Wildman–Crippen LogP) is 2.47. The number of benzene rings is 1. The second-order valence-electron chi connectivity index (χ2n) is 4.47. The van der Waals surface area contributed by atoms with Gasteiger partial charge in [0.1, 0.15) is 17.7 Å². The van der Waals surface area contributed by atoms with Gasteiger partial charge in [0.2, 0.25) is 5.91 Å². The molecule has 2 rings (SSSR count). The maximum atomic E-state index is 13.4. The molecule has 0 saturated carbocycles. The van der Waals surface area contributed by atoms with E-state index in [1.54, 1.807) is 18.2 Å². The molecule has 0 radical (unpaired) electrons. The minimum Gasteiger partial charge on any atom is -0.312 e. The van der Waals surface area contributed by atoms with E-state index in [-0.39, 0.29) is 23.7 Å². The molecule has 1 unspecified atom stereocenters. The number of thioether (sulfide) groups is 1. The normalized spacial score (nSPS) is 19.0. The van der Waals surface area contributed by atoms with Gasteiger partial charge in [0.05, 0.1) is 5.75 Å². The lowest BCUT2D eigenvalue weighted by Gasteiger charge is -2.06. The van der Waals surface area contributed by atoms with Gasteiger partial charge in [-0.15, -0.1) is 11.8 Å². The van der Waals surface area contributed by atoms with Crippen LogP contribution in [0.15, 0.2) is 34.2 Å². The summed E-state index contributed by atoms with van der Waals surface area (Å²) in [4.78, 5) is 16.5. The summed E-state index contributed by atoms with van der Waals surface area (Å²) in [5.41, 5.74) is 0. The van der Waals surface area contributed by atoms with Crippen LogP contribution in [-0.4, -0.2) is 23.5 Å². The summed E-state index contributed by atoms with van der Waals surface area (Å²) < 4.78 is 13.4. The first-order valence-electron chi connectivity index (χ1n) is 5.83. The molecule has 3 nitrogen and oxygen atoms in total. The molecule has 0 bridgehead atoms. The molecule has 0 aromatic heterocycles. The summed E-state index contributed by atoms with van der Waals surface area (Å²) in [7, 11) is 0. The Kier molecular flexibility index (Phi) is 4.01. The van der Waals surface area contributed by atoms with Gasteiger partial charge in [-0.05, 0) is 18.1 Å². The van der Waals surface area contributed by atoms with Crippen molar-refractivity contribution in [2.75, 3.05) is 5.75 Å². The maximum Gasteiger partial charge on any atom is 0.250 e. The molecular weight excluding hydrogens is 251 g/mol. The lowest BCUT2D eigenvalue weighted by molar-refractivity contribution is -0.120. The summed E-state index contributed by atoms with van der Waals surface area (Å²) in [6.45, 7) is 3.92. The van der Waals surface area contributed by atoms with Crippen LogP contribution < -0.4 is 5.32 Å². The smallest absolute Gasteiger partial charge is 0.250 e. The zero-order valence-corrected chi connectivity index (χ0v) is 11.1. The van der Waals surface area contributed by atoms with E-state index < -0.39 is 0 Å². The van der Waals surface area contributed by atoms with Gasteiger partial charge in [-0.1, -0.05) is 26.0 Å². The zero-order valence-electron chi connectivity index (χ0n) is 10.3. The second-order valence-corrected chi connectivity index (χ2v) is 5.49. The van der Waals surface area contributed by atoms with Crippen molar-refractivity contribution >= 4 is 23.5 Å². The van der Waals surface area contributed by atoms with Crippen LogP contribution in [0.4, 0.5) is 4.39 Å². The Labute approximate surface area is 110 Å². The van der Waals surface area contributed by atoms with E-state index in [9.17, 15) is 9.18 Å². The first kappa shape index (κ1) is 13.1. The highest BCUT2D eigenvalue weighted by Crippen LogP contribution is 2.22. The van der Waals surface area contributed by atoms with E-state index in [4.69, 9.17) is 0 Å². The molecule has 0 spiro atoms. The molecule has 96 valence electrons. The van der Waals surface area contributed by atoms with Crippen molar-refractivity contribution in [3.05, 3.63) is 30.1 Å². The molecular formula is C13H15FN2OS. The summed E-state index contributed by atoms with van der Waals surface area (Å²) in [6.07, 6.45) is 0. The Morgan fingerprint density at radius 1 is 1.44 bits per heavy atom. The molecule has 1 atom stereocenters. The minimum atomic E-state index is -0.304. The van der Waals surface area contributed by atoms with Crippen molar-refractivity contribution in [1.82, 2.24) is 5.32 Å². The van der Waals surface area contributed by atoms with Crippen LogP contribution in [0, 0.1) is 11.7 Å². The fraction of sp³-hybridized carbons (Fsp3) is 0.385. The summed E-state index contributed by atoms with van der Waals surface area (Å²) in [5.74, 6) is 0.991. The van der Waals surface area contributed by atoms with Gasteiger partial charge in [0.25, 0.3) is 0 Å². The number of hydrogen-bond acceptors (Lipinski definition) is 3. The van der Waals surface area contributed by atoms with Crippen molar-refractivity contribution in [2.45, 2.75) is 24.8 Å². The number of aliphatic imine (C=N–C) groups is 1. The Morgan fingerprint density at radius 3 is 2.78 bits per heavy atom. The van der Waals surface area contributed by atoms with Crippen molar-refractivity contribution in [2.24, 2.45) is 10.9 Å². The lowest BCUT2D eigenvalue weighted by Crippen LogP contribution is -2.31. The number of hydrogen-bond donors (Lipinski definition) is 1. The Balaban J connectivity index is 1.98. The third-order valence-electron chi connectivity index (χ3n) is 2.66. The number of carbonyl (C=O) groups is 1. The van der Waals surface area contributed by atoms with Gasteiger partial charge in [0.15, 0.2) is 0 Å². The molecule has 0 saturated heterocycles. The van der Waals surface area contributed by atoms with Crippen LogP contribution in [0.2, 0.25) is 0 Å². The van der Waals surface area contributed by atoms with Crippen LogP contribution in [0.5, 0.6) is 0 Å². The number of amides is 1. The number of nitrogens with zero attached hydrogens (tertiary/aromatic N) is 1. The summed E-state index contributed by atoms with van der Waals surface area (Å²) >= 11 is 1.34. The van der Waals surface area contributed by atoms with Gasteiger partial charge in [-0.2, -0.15) is 0 Å². The van der Waals surface area contributed by atoms with Crippen LogP contribution in [-0.2, 0) is 4.79 Å². The predicted molar refractivity (Wildman–Crippen MR) is 71.3 cm³/mol. The molecule has 5 heteroatoms. The fourth-order valence-electron chi connectivity index (χ4n) is 1.71. The molecule has 1 aliphatic rings. The van der Waals surface area contributed by atoms with Crippen LogP contribution in [0.1, 0.15) is 13.8 Å². The van der Waals surface area contributed by atoms with Crippen molar-refractivity contribution in [1.29, 1.82) is 0 Å². The summed E-state index contributed by atoms with van der Waals surface area (Å²) in [5, 5.41) is 2.74. The summed E-state index contributed by atoms with van der Waals surface area (Å²) in [6, 6.07) is 6.28. The first-order valence-corrected chi connectivity index (χ1v) is 6.81. The highest BCUT2D eigenvalue weighted by Gasteiger charge is 2.28. The van der Waals surface area contributed by atoms with Crippen LogP contribution in [0.3, 0.4) is 0 Å². The largest absolute Gasteiger partial charge is 0.312 e. The SMILES string of the molecule is CC(C)C1N=C(CSc2ccccc2F)NC1=O. The van der Waals surface area contributed by atoms with Crippen LogP contribution in [0.25, 0.3) is 0 Å². The average molecular weight is 266 g/mol. The van der Waals surface area contributed by atoms with E-state index >= 15 is 0 Å². The standard InChI is InChI=1S/C13H15FN2OS/c1-8(2)12-13(17)16-11(15-12)7-18-10-6-4-3-5-9(10)14/h3-6,8,12H,7H2,1-2H3,(H,15,16,17). The molecule has 1 aromatic carbocycles. The quantitative estimate of drug-likeness (QED) is 0.851. The molecule has 1 aliphatic heterocycles. The van der Waals surface area contributed by atoms with Crippen molar-refractivity contribution in [3.63, 3.8) is 0 Å². The number of amidine groups is 1. The Hall–Kier alpha value is -1.36. The monoisotopic (exact) mass is 266 g/mol. The van der Waals surface area contributed by atoms with E-state index in [0.717, 1.165) is 0 Å². The topological polar surface area (TPSA) is 41.5 Å². The number of rotatable bonds is 4. The van der Waals surface area contributed by atoms with Crippen LogP contribution >= 0.6 is 11.8 Å². The number of nitrogens with one attached hydrogen (secondary N) is 1. The molecule has 0 fully saturated rings. The van der Waals surface area contributed by atoms with Crippen molar-refractivity contribution < 1.29 is 9.18 Å². The molecule has 1 heterocycles. The Bertz CT molecular complexity index is 488. The molecule has 1 amide bonds. The molecule has 1 aromatic rings.